The Labute approximate surface area is 385 Å². The quantitative estimate of drug-likeness (QED) is 0.0268. The van der Waals surface area contributed by atoms with Crippen LogP contribution in [0.3, 0.4) is 0 Å². The first-order valence-electron chi connectivity index (χ1n) is 26.8. The first kappa shape index (κ1) is 61.0. The Morgan fingerprint density at radius 3 is 1.29 bits per heavy atom. The molecule has 0 aromatic heterocycles. The second-order valence-electron chi connectivity index (χ2n) is 18.1. The predicted molar refractivity (Wildman–Crippen MR) is 266 cm³/mol. The summed E-state index contributed by atoms with van der Waals surface area (Å²) in [5, 5.41) is 0. The summed E-state index contributed by atoms with van der Waals surface area (Å²) < 4.78 is 33.6. The molecule has 3 N–H and O–H groups in total. The maximum atomic E-state index is 12.7. The molecule has 0 radical (unpaired) electrons. The Bertz CT molecular complexity index is 1010. The number of esters is 1. The molecule has 0 saturated carbocycles. The molecule has 0 aromatic rings. The molecule has 2 unspecified atom stereocenters. The van der Waals surface area contributed by atoms with E-state index >= 15 is 0 Å². The molecule has 8 nitrogen and oxygen atoms in total. The van der Waals surface area contributed by atoms with Gasteiger partial charge in [0.15, 0.2) is 0 Å². The molecule has 0 spiro atoms. The zero-order valence-corrected chi connectivity index (χ0v) is 42.0. The average molecular weight is 898 g/mol. The van der Waals surface area contributed by atoms with Gasteiger partial charge < -0.3 is 20.1 Å². The highest BCUT2D eigenvalue weighted by Crippen LogP contribution is 2.43. The van der Waals surface area contributed by atoms with Gasteiger partial charge in [-0.2, -0.15) is 0 Å². The number of phosphoric acid groups is 1. The van der Waals surface area contributed by atoms with E-state index in [1.54, 1.807) is 0 Å². The van der Waals surface area contributed by atoms with E-state index in [1.807, 2.05) is 0 Å². The molecular formula is C53H104NO7P. The number of ether oxygens (including phenoxy) is 2. The minimum Gasteiger partial charge on any atom is -0.457 e. The van der Waals surface area contributed by atoms with E-state index in [0.717, 1.165) is 38.5 Å². The van der Waals surface area contributed by atoms with Crippen molar-refractivity contribution in [3.05, 3.63) is 24.3 Å². The fourth-order valence-corrected chi connectivity index (χ4v) is 8.68. The fourth-order valence-electron chi connectivity index (χ4n) is 7.91. The summed E-state index contributed by atoms with van der Waals surface area (Å²) in [6, 6.07) is 0. The van der Waals surface area contributed by atoms with Gasteiger partial charge in [-0.15, -0.1) is 0 Å². The first-order chi connectivity index (χ1) is 30.4. The van der Waals surface area contributed by atoms with E-state index in [2.05, 4.69) is 38.2 Å². The number of rotatable bonds is 52. The summed E-state index contributed by atoms with van der Waals surface area (Å²) in [6.07, 6.45) is 59.3. The third-order valence-corrected chi connectivity index (χ3v) is 12.9. The maximum absolute atomic E-state index is 12.7. The number of carbonyl (C=O) groups excluding carboxylic acids is 1. The zero-order chi connectivity index (χ0) is 45.1. The second-order valence-corrected chi connectivity index (χ2v) is 19.6. The van der Waals surface area contributed by atoms with Gasteiger partial charge in [-0.05, 0) is 44.9 Å². The van der Waals surface area contributed by atoms with E-state index in [4.69, 9.17) is 24.3 Å². The van der Waals surface area contributed by atoms with E-state index in [-0.39, 0.29) is 32.3 Å². The lowest BCUT2D eigenvalue weighted by atomic mass is 10.0. The van der Waals surface area contributed by atoms with Gasteiger partial charge in [0.1, 0.15) is 6.10 Å². The molecule has 0 aromatic carbocycles. The summed E-state index contributed by atoms with van der Waals surface area (Å²) in [5.41, 5.74) is 5.39. The standard InChI is InChI=1S/C53H104NO7P/c1-3-5-7-9-11-13-15-17-19-21-23-24-25-26-27-28-29-30-32-34-36-38-40-42-44-46-53(55)61-52(51-60-62(56,57)59-49-47-54)50-58-48-45-43-41-39-37-35-33-31-22-20-18-16-14-12-10-8-6-4-2/h12,14,18,20,52H,3-11,13,15-17,19,21-51,54H2,1-2H3,(H,56,57)/b14-12-,20-18-. The number of hydrogen-bond donors (Lipinski definition) is 2. The second kappa shape index (κ2) is 51.0. The largest absolute Gasteiger partial charge is 0.472 e. The monoisotopic (exact) mass is 898 g/mol. The van der Waals surface area contributed by atoms with Gasteiger partial charge in [0.25, 0.3) is 0 Å². The Morgan fingerprint density at radius 2 is 0.855 bits per heavy atom. The molecular weight excluding hydrogens is 794 g/mol. The molecule has 0 fully saturated rings. The summed E-state index contributed by atoms with van der Waals surface area (Å²) in [6.45, 7) is 4.94. The van der Waals surface area contributed by atoms with Crippen molar-refractivity contribution in [2.75, 3.05) is 33.0 Å². The molecule has 62 heavy (non-hydrogen) atoms. The number of allylic oxidation sites excluding steroid dienone is 4. The third-order valence-electron chi connectivity index (χ3n) is 11.9. The Hall–Kier alpha value is -1.02. The summed E-state index contributed by atoms with van der Waals surface area (Å²) >= 11 is 0. The van der Waals surface area contributed by atoms with E-state index < -0.39 is 13.9 Å². The molecule has 2 atom stereocenters. The minimum absolute atomic E-state index is 0.0942. The van der Waals surface area contributed by atoms with Crippen molar-refractivity contribution in [1.82, 2.24) is 0 Å². The summed E-state index contributed by atoms with van der Waals surface area (Å²) in [4.78, 5) is 22.6. The van der Waals surface area contributed by atoms with Crippen LogP contribution in [0.5, 0.6) is 0 Å². The minimum atomic E-state index is -4.28. The molecule has 0 rings (SSSR count). The van der Waals surface area contributed by atoms with Gasteiger partial charge in [-0.25, -0.2) is 4.57 Å². The smallest absolute Gasteiger partial charge is 0.457 e. The van der Waals surface area contributed by atoms with Crippen LogP contribution in [0.2, 0.25) is 0 Å². The van der Waals surface area contributed by atoms with Crippen molar-refractivity contribution in [3.63, 3.8) is 0 Å². The SMILES string of the molecule is CCCCC/C=C\C/C=C\CCCCCCCCCCOCC(COP(=O)(O)OCCN)OC(=O)CCCCCCCCCCCCCCCCCCCCCCCCCCC. The van der Waals surface area contributed by atoms with Crippen LogP contribution >= 0.6 is 7.82 Å². The number of unbranched alkanes of at least 4 members (excludes halogenated alkanes) is 35. The molecule has 0 amide bonds. The highest BCUT2D eigenvalue weighted by atomic mass is 31.2. The summed E-state index contributed by atoms with van der Waals surface area (Å²) in [7, 11) is -4.28. The molecule has 0 aliphatic heterocycles. The number of nitrogens with two attached hydrogens (primary N) is 1. The van der Waals surface area contributed by atoms with Crippen LogP contribution < -0.4 is 5.73 Å². The first-order valence-corrected chi connectivity index (χ1v) is 28.3. The van der Waals surface area contributed by atoms with E-state index in [0.29, 0.717) is 13.0 Å². The van der Waals surface area contributed by atoms with Crippen LogP contribution in [0.15, 0.2) is 24.3 Å². The van der Waals surface area contributed by atoms with Gasteiger partial charge in [0, 0.05) is 19.6 Å². The van der Waals surface area contributed by atoms with Gasteiger partial charge in [-0.3, -0.25) is 13.8 Å². The van der Waals surface area contributed by atoms with Crippen LogP contribution in [-0.2, 0) is 27.9 Å². The normalized spacial score (nSPS) is 13.4. The lowest BCUT2D eigenvalue weighted by Gasteiger charge is -2.20. The lowest BCUT2D eigenvalue weighted by Crippen LogP contribution is -2.28. The van der Waals surface area contributed by atoms with E-state index in [9.17, 15) is 14.3 Å². The van der Waals surface area contributed by atoms with Crippen molar-refractivity contribution in [2.45, 2.75) is 277 Å². The highest BCUT2D eigenvalue weighted by molar-refractivity contribution is 7.47. The van der Waals surface area contributed by atoms with Crippen LogP contribution in [0.4, 0.5) is 0 Å². The zero-order valence-electron chi connectivity index (χ0n) is 41.1. The molecule has 0 aliphatic rings. The summed E-state index contributed by atoms with van der Waals surface area (Å²) in [5.74, 6) is -0.326. The third kappa shape index (κ3) is 50.0. The van der Waals surface area contributed by atoms with Crippen molar-refractivity contribution in [2.24, 2.45) is 5.73 Å². The molecule has 0 bridgehead atoms. The van der Waals surface area contributed by atoms with Gasteiger partial charge in [-0.1, -0.05) is 244 Å². The topological polar surface area (TPSA) is 117 Å². The van der Waals surface area contributed by atoms with Crippen LogP contribution in [0, 0.1) is 0 Å². The number of phosphoric ester groups is 1. The lowest BCUT2D eigenvalue weighted by molar-refractivity contribution is -0.154. The van der Waals surface area contributed by atoms with Crippen molar-refractivity contribution < 1.29 is 32.8 Å². The van der Waals surface area contributed by atoms with Gasteiger partial charge in [0.2, 0.25) is 0 Å². The van der Waals surface area contributed by atoms with E-state index in [1.165, 1.54) is 212 Å². The average Bonchev–Trinajstić information content (AvgIpc) is 3.26. The van der Waals surface area contributed by atoms with Gasteiger partial charge in [0.05, 0.1) is 19.8 Å². The van der Waals surface area contributed by atoms with Crippen LogP contribution in [0.1, 0.15) is 271 Å². The Morgan fingerprint density at radius 1 is 0.484 bits per heavy atom. The number of hydrogen-bond acceptors (Lipinski definition) is 7. The Balaban J connectivity index is 3.86. The van der Waals surface area contributed by atoms with Crippen molar-refractivity contribution >= 4 is 13.8 Å². The van der Waals surface area contributed by atoms with Crippen molar-refractivity contribution in [1.29, 1.82) is 0 Å². The maximum Gasteiger partial charge on any atom is 0.472 e. The highest BCUT2D eigenvalue weighted by Gasteiger charge is 2.25. The molecule has 9 heteroatoms. The Kier molecular flexibility index (Phi) is 50.1. The van der Waals surface area contributed by atoms with Crippen molar-refractivity contribution in [3.8, 4) is 0 Å². The van der Waals surface area contributed by atoms with Crippen LogP contribution in [-0.4, -0.2) is 49.9 Å². The van der Waals surface area contributed by atoms with Gasteiger partial charge >= 0.3 is 13.8 Å². The molecule has 0 aliphatic carbocycles. The number of carbonyl (C=O) groups is 1. The fraction of sp³-hybridized carbons (Fsp3) is 0.906. The molecule has 0 saturated heterocycles. The van der Waals surface area contributed by atoms with Crippen LogP contribution in [0.25, 0.3) is 0 Å². The molecule has 368 valence electrons. The molecule has 0 heterocycles. The predicted octanol–water partition coefficient (Wildman–Crippen LogP) is 16.8.